The first-order valence-electron chi connectivity index (χ1n) is 8.26. The molecular formula is C19H23NO4S. The van der Waals surface area contributed by atoms with Crippen LogP contribution >= 0.6 is 0 Å². The molecule has 2 aromatic rings. The topological polar surface area (TPSA) is 75.6 Å². The fourth-order valence-corrected chi connectivity index (χ4v) is 4.61. The maximum Gasteiger partial charge on any atom is 0.244 e. The molecule has 0 saturated carbocycles. The third-order valence-electron chi connectivity index (χ3n) is 4.70. The number of methoxy groups -OCH3 is 1. The van der Waals surface area contributed by atoms with E-state index in [0.29, 0.717) is 18.6 Å². The molecule has 1 unspecified atom stereocenters. The van der Waals surface area contributed by atoms with Gasteiger partial charge in [0.05, 0.1) is 12.7 Å². The van der Waals surface area contributed by atoms with Crippen molar-refractivity contribution in [2.75, 3.05) is 13.7 Å². The zero-order chi connectivity index (χ0) is 18.1. The van der Waals surface area contributed by atoms with Crippen LogP contribution in [0, 0.1) is 6.92 Å². The number of aryl methyl sites for hydroxylation is 2. The summed E-state index contributed by atoms with van der Waals surface area (Å²) < 4.78 is 33.1. The van der Waals surface area contributed by atoms with E-state index in [0.717, 1.165) is 17.5 Å². The van der Waals surface area contributed by atoms with E-state index in [1.807, 2.05) is 25.1 Å². The molecule has 1 aliphatic carbocycles. The molecule has 6 heteroatoms. The average Bonchev–Trinajstić information content (AvgIpc) is 2.60. The first kappa shape index (κ1) is 17.9. The van der Waals surface area contributed by atoms with E-state index >= 15 is 0 Å². The molecule has 0 aliphatic heterocycles. The minimum Gasteiger partial charge on any atom is -0.495 e. The fourth-order valence-electron chi connectivity index (χ4n) is 3.24. The maximum absolute atomic E-state index is 12.7. The predicted molar refractivity (Wildman–Crippen MR) is 96.3 cm³/mol. The molecule has 0 heterocycles. The molecule has 0 fully saturated rings. The van der Waals surface area contributed by atoms with Crippen molar-refractivity contribution in [1.82, 2.24) is 4.72 Å². The summed E-state index contributed by atoms with van der Waals surface area (Å²) >= 11 is 0. The summed E-state index contributed by atoms with van der Waals surface area (Å²) in [5, 5.41) is 10.9. The molecule has 0 bridgehead atoms. The number of ether oxygens (including phenoxy) is 1. The Labute approximate surface area is 148 Å². The highest BCUT2D eigenvalue weighted by molar-refractivity contribution is 7.89. The van der Waals surface area contributed by atoms with E-state index in [2.05, 4.69) is 10.8 Å². The van der Waals surface area contributed by atoms with Crippen LogP contribution in [-0.2, 0) is 22.9 Å². The Kier molecular flexibility index (Phi) is 4.86. The quantitative estimate of drug-likeness (QED) is 0.856. The second kappa shape index (κ2) is 6.78. The van der Waals surface area contributed by atoms with Gasteiger partial charge in [0.2, 0.25) is 10.0 Å². The van der Waals surface area contributed by atoms with Crippen LogP contribution in [0.3, 0.4) is 0 Å². The second-order valence-corrected chi connectivity index (χ2v) is 8.38. The van der Waals surface area contributed by atoms with Gasteiger partial charge in [0.1, 0.15) is 10.6 Å². The van der Waals surface area contributed by atoms with Gasteiger partial charge in [-0.05, 0) is 48.6 Å². The molecule has 2 aromatic carbocycles. The predicted octanol–water partition coefficient (Wildman–Crippen LogP) is 2.20. The van der Waals surface area contributed by atoms with E-state index < -0.39 is 15.6 Å². The van der Waals surface area contributed by atoms with Crippen molar-refractivity contribution in [3.63, 3.8) is 0 Å². The standard InChI is InChI=1S/C19H23NO4S/c1-14-7-8-17(24-2)18(11-14)25(22,23)20-13-19(21)10-9-15-5-3-4-6-16(15)12-19/h3-8,11,20-21H,9-10,12-13H2,1-2H3. The minimum absolute atomic E-state index is 0.0270. The summed E-state index contributed by atoms with van der Waals surface area (Å²) in [6.07, 6.45) is 1.70. The number of fused-ring (bicyclic) bond motifs is 1. The number of hydrogen-bond donors (Lipinski definition) is 2. The van der Waals surface area contributed by atoms with Crippen molar-refractivity contribution < 1.29 is 18.3 Å². The third-order valence-corrected chi connectivity index (χ3v) is 6.12. The summed E-state index contributed by atoms with van der Waals surface area (Å²) in [6.45, 7) is 1.80. The Morgan fingerprint density at radius 1 is 1.20 bits per heavy atom. The van der Waals surface area contributed by atoms with E-state index in [9.17, 15) is 13.5 Å². The highest BCUT2D eigenvalue weighted by Gasteiger charge is 2.33. The molecule has 1 atom stereocenters. The lowest BCUT2D eigenvalue weighted by Crippen LogP contribution is -2.46. The van der Waals surface area contributed by atoms with Gasteiger partial charge in [-0.2, -0.15) is 0 Å². The molecular weight excluding hydrogens is 338 g/mol. The van der Waals surface area contributed by atoms with Gasteiger partial charge < -0.3 is 9.84 Å². The van der Waals surface area contributed by atoms with Gasteiger partial charge in [0.15, 0.2) is 0 Å². The zero-order valence-corrected chi connectivity index (χ0v) is 15.3. The molecule has 0 radical (unpaired) electrons. The molecule has 2 N–H and O–H groups in total. The molecule has 0 spiro atoms. The molecule has 0 saturated heterocycles. The van der Waals surface area contributed by atoms with Crippen LogP contribution in [-0.4, -0.2) is 32.8 Å². The number of nitrogens with one attached hydrogen (secondary N) is 1. The minimum atomic E-state index is -3.78. The van der Waals surface area contributed by atoms with Crippen molar-refractivity contribution in [3.05, 3.63) is 59.2 Å². The molecule has 0 aromatic heterocycles. The summed E-state index contributed by atoms with van der Waals surface area (Å²) in [4.78, 5) is 0.0924. The highest BCUT2D eigenvalue weighted by atomic mass is 32.2. The summed E-state index contributed by atoms with van der Waals surface area (Å²) in [6, 6.07) is 13.0. The van der Waals surface area contributed by atoms with Crippen LogP contribution < -0.4 is 9.46 Å². The first-order chi connectivity index (χ1) is 11.8. The van der Waals surface area contributed by atoms with Crippen LogP contribution in [0.15, 0.2) is 47.4 Å². The highest BCUT2D eigenvalue weighted by Crippen LogP contribution is 2.29. The lowest BCUT2D eigenvalue weighted by Gasteiger charge is -2.33. The Morgan fingerprint density at radius 3 is 2.64 bits per heavy atom. The van der Waals surface area contributed by atoms with E-state index in [1.165, 1.54) is 12.7 Å². The first-order valence-corrected chi connectivity index (χ1v) is 9.75. The largest absolute Gasteiger partial charge is 0.495 e. The van der Waals surface area contributed by atoms with Crippen molar-refractivity contribution in [3.8, 4) is 5.75 Å². The van der Waals surface area contributed by atoms with Crippen LogP contribution in [0.1, 0.15) is 23.1 Å². The van der Waals surface area contributed by atoms with Gasteiger partial charge >= 0.3 is 0 Å². The number of aliphatic hydroxyl groups is 1. The van der Waals surface area contributed by atoms with Gasteiger partial charge in [-0.3, -0.25) is 0 Å². The van der Waals surface area contributed by atoms with Crippen LogP contribution in [0.25, 0.3) is 0 Å². The van der Waals surface area contributed by atoms with E-state index in [4.69, 9.17) is 4.74 Å². The molecule has 134 valence electrons. The van der Waals surface area contributed by atoms with Crippen LogP contribution in [0.2, 0.25) is 0 Å². The number of hydrogen-bond acceptors (Lipinski definition) is 4. The van der Waals surface area contributed by atoms with E-state index in [-0.39, 0.29) is 11.4 Å². The smallest absolute Gasteiger partial charge is 0.244 e. The monoisotopic (exact) mass is 361 g/mol. The van der Waals surface area contributed by atoms with E-state index in [1.54, 1.807) is 18.2 Å². The Morgan fingerprint density at radius 2 is 1.92 bits per heavy atom. The normalized spacial score (nSPS) is 20.1. The lowest BCUT2D eigenvalue weighted by atomic mass is 9.80. The van der Waals surface area contributed by atoms with Crippen LogP contribution in [0.4, 0.5) is 0 Å². The van der Waals surface area contributed by atoms with Crippen molar-refractivity contribution >= 4 is 10.0 Å². The van der Waals surface area contributed by atoms with Gasteiger partial charge in [-0.25, -0.2) is 13.1 Å². The van der Waals surface area contributed by atoms with Gasteiger partial charge in [0, 0.05) is 13.0 Å². The van der Waals surface area contributed by atoms with Crippen molar-refractivity contribution in [1.29, 1.82) is 0 Å². The maximum atomic E-state index is 12.7. The number of rotatable bonds is 5. The third kappa shape index (κ3) is 3.86. The summed E-state index contributed by atoms with van der Waals surface area (Å²) in [5.41, 5.74) is 2.03. The lowest BCUT2D eigenvalue weighted by molar-refractivity contribution is 0.0317. The summed E-state index contributed by atoms with van der Waals surface area (Å²) in [7, 11) is -2.34. The Hall–Kier alpha value is -1.89. The summed E-state index contributed by atoms with van der Waals surface area (Å²) in [5.74, 6) is 0.291. The molecule has 3 rings (SSSR count). The number of benzene rings is 2. The fraction of sp³-hybridized carbons (Fsp3) is 0.368. The van der Waals surface area contributed by atoms with Gasteiger partial charge in [0.25, 0.3) is 0 Å². The number of sulfonamides is 1. The van der Waals surface area contributed by atoms with Crippen molar-refractivity contribution in [2.45, 2.75) is 36.7 Å². The molecule has 0 amide bonds. The zero-order valence-electron chi connectivity index (χ0n) is 14.5. The van der Waals surface area contributed by atoms with Crippen LogP contribution in [0.5, 0.6) is 5.75 Å². The Balaban J connectivity index is 1.78. The molecule has 1 aliphatic rings. The SMILES string of the molecule is COc1ccc(C)cc1S(=O)(=O)NCC1(O)CCc2ccccc2C1. The van der Waals surface area contributed by atoms with Gasteiger partial charge in [-0.15, -0.1) is 0 Å². The molecule has 25 heavy (non-hydrogen) atoms. The van der Waals surface area contributed by atoms with Gasteiger partial charge in [-0.1, -0.05) is 30.3 Å². The van der Waals surface area contributed by atoms with Crippen molar-refractivity contribution in [2.24, 2.45) is 0 Å². The molecule has 5 nitrogen and oxygen atoms in total. The average molecular weight is 361 g/mol. The second-order valence-electron chi connectivity index (χ2n) is 6.65. The Bertz CT molecular complexity index is 879.